The first-order valence-corrected chi connectivity index (χ1v) is 20.8. The standard InChI is InChI=1S/C43H64N6O9/c1-41(2,3)58-40(56)47-35(43(6)20-13-10-14-21-43)39(55)49-25-30-28(23-42(4,5)57-30)33(49)36(52)45-29(22-26-16-15-17-26)34(51)37(53)44-24-31(50)46-32(38(54)48(7)8)27-18-11-9-12-19-27/h9,11-12,18-19,26,28-30,32-33,35H,10,13-17,20-25H2,1-8H3,(H,44,53)(H,45,52)(H,46,50)(H,47,56)/t28-,29?,30-,32-,33-,35+/m0/s1. The number of rotatable bonds is 14. The maximum absolute atomic E-state index is 14.8. The molecule has 6 atom stereocenters. The Kier molecular flexibility index (Phi) is 14.0. The molecule has 6 amide bonds. The number of ether oxygens (including phenoxy) is 2. The van der Waals surface area contributed by atoms with E-state index >= 15 is 0 Å². The number of ketones is 1. The second-order valence-corrected chi connectivity index (χ2v) is 18.8. The van der Waals surface area contributed by atoms with Crippen LogP contribution in [0.5, 0.6) is 0 Å². The Morgan fingerprint density at radius 1 is 0.914 bits per heavy atom. The van der Waals surface area contributed by atoms with Crippen LogP contribution >= 0.6 is 0 Å². The minimum atomic E-state index is -1.22. The van der Waals surface area contributed by atoms with Crippen molar-refractivity contribution in [3.8, 4) is 0 Å². The van der Waals surface area contributed by atoms with E-state index in [4.69, 9.17) is 9.47 Å². The molecule has 2 aliphatic heterocycles. The average Bonchev–Trinajstić information content (AvgIpc) is 3.63. The van der Waals surface area contributed by atoms with Gasteiger partial charge in [0.25, 0.3) is 5.91 Å². The fourth-order valence-corrected chi connectivity index (χ4v) is 8.97. The van der Waals surface area contributed by atoms with Crippen LogP contribution in [0.4, 0.5) is 4.79 Å². The van der Waals surface area contributed by atoms with Crippen LogP contribution in [0.2, 0.25) is 0 Å². The van der Waals surface area contributed by atoms with E-state index in [1.54, 1.807) is 65.2 Å². The van der Waals surface area contributed by atoms with Gasteiger partial charge >= 0.3 is 6.09 Å². The van der Waals surface area contributed by atoms with Gasteiger partial charge in [-0.05, 0) is 77.2 Å². The molecule has 15 heteroatoms. The highest BCUT2D eigenvalue weighted by atomic mass is 16.6. The van der Waals surface area contributed by atoms with E-state index in [2.05, 4.69) is 21.3 Å². The fourth-order valence-electron chi connectivity index (χ4n) is 8.97. The molecule has 4 fully saturated rings. The zero-order valence-electron chi connectivity index (χ0n) is 35.5. The molecule has 2 saturated heterocycles. The summed E-state index contributed by atoms with van der Waals surface area (Å²) >= 11 is 0. The van der Waals surface area contributed by atoms with Gasteiger partial charge < -0.3 is 40.5 Å². The van der Waals surface area contributed by atoms with E-state index < -0.39 is 94.9 Å². The summed E-state index contributed by atoms with van der Waals surface area (Å²) in [6.45, 7) is 10.6. The van der Waals surface area contributed by atoms with Gasteiger partial charge in [-0.2, -0.15) is 0 Å². The lowest BCUT2D eigenvalue weighted by Crippen LogP contribution is -2.61. The Morgan fingerprint density at radius 3 is 2.16 bits per heavy atom. The lowest BCUT2D eigenvalue weighted by atomic mass is 9.70. The number of benzene rings is 1. The van der Waals surface area contributed by atoms with E-state index in [9.17, 15) is 33.6 Å². The number of amides is 6. The molecule has 0 aromatic heterocycles. The number of nitrogens with one attached hydrogen (secondary N) is 4. The van der Waals surface area contributed by atoms with Crippen LogP contribution < -0.4 is 21.3 Å². The number of likely N-dealkylation sites (tertiary alicyclic amines) is 1. The minimum Gasteiger partial charge on any atom is -0.444 e. The predicted octanol–water partition coefficient (Wildman–Crippen LogP) is 3.55. The van der Waals surface area contributed by atoms with Crippen molar-refractivity contribution in [1.29, 1.82) is 0 Å². The van der Waals surface area contributed by atoms with Crippen LogP contribution in [0, 0.1) is 17.3 Å². The van der Waals surface area contributed by atoms with Gasteiger partial charge in [-0.15, -0.1) is 0 Å². The molecule has 4 N–H and O–H groups in total. The van der Waals surface area contributed by atoms with E-state index in [1.807, 2.05) is 20.8 Å². The summed E-state index contributed by atoms with van der Waals surface area (Å²) in [5.41, 5.74) is -1.41. The van der Waals surface area contributed by atoms with Crippen molar-refractivity contribution < 1.29 is 43.0 Å². The number of hydrogen-bond donors (Lipinski definition) is 4. The van der Waals surface area contributed by atoms with E-state index in [0.717, 1.165) is 38.5 Å². The van der Waals surface area contributed by atoms with Gasteiger partial charge in [-0.1, -0.05) is 75.8 Å². The number of fused-ring (bicyclic) bond motifs is 1. The first-order chi connectivity index (χ1) is 27.2. The van der Waals surface area contributed by atoms with Crippen molar-refractivity contribution >= 4 is 41.4 Å². The molecule has 2 saturated carbocycles. The molecule has 1 aromatic rings. The van der Waals surface area contributed by atoms with Gasteiger partial charge in [0.1, 0.15) is 23.7 Å². The maximum Gasteiger partial charge on any atom is 0.408 e. The summed E-state index contributed by atoms with van der Waals surface area (Å²) in [6.07, 6.45) is 6.33. The molecule has 58 heavy (non-hydrogen) atoms. The first kappa shape index (κ1) is 44.6. The van der Waals surface area contributed by atoms with Crippen molar-refractivity contribution in [1.82, 2.24) is 31.1 Å². The summed E-state index contributed by atoms with van der Waals surface area (Å²) in [4.78, 5) is 98.8. The lowest BCUT2D eigenvalue weighted by Gasteiger charge is -2.42. The van der Waals surface area contributed by atoms with Crippen molar-refractivity contribution in [2.45, 2.75) is 147 Å². The molecule has 0 bridgehead atoms. The second-order valence-electron chi connectivity index (χ2n) is 18.8. The van der Waals surface area contributed by atoms with Crippen molar-refractivity contribution in [3.63, 3.8) is 0 Å². The molecular formula is C43H64N6O9. The van der Waals surface area contributed by atoms with Gasteiger partial charge in [0.05, 0.1) is 24.3 Å². The smallest absolute Gasteiger partial charge is 0.408 e. The largest absolute Gasteiger partial charge is 0.444 e. The average molecular weight is 809 g/mol. The van der Waals surface area contributed by atoms with Crippen molar-refractivity contribution in [3.05, 3.63) is 35.9 Å². The van der Waals surface area contributed by atoms with Gasteiger partial charge in [-0.25, -0.2) is 4.79 Å². The van der Waals surface area contributed by atoms with Gasteiger partial charge in [0.15, 0.2) is 0 Å². The quantitative estimate of drug-likeness (QED) is 0.204. The number of carbonyl (C=O) groups excluding carboxylic acids is 7. The number of Topliss-reactive ketones (excluding diaryl/α,β-unsaturated/α-hetero) is 1. The van der Waals surface area contributed by atoms with E-state index in [0.29, 0.717) is 24.8 Å². The molecule has 2 heterocycles. The SMILES string of the molecule is CN(C)C(=O)[C@@H](NC(=O)CNC(=O)C(=O)C(CC1CCC1)NC(=O)[C@@H]1[C@H]2CC(C)(C)O[C@H]2CN1C(=O)[C@@H](NC(=O)OC(C)(C)C)C1(C)CCCCC1)c1ccccc1. The van der Waals surface area contributed by atoms with E-state index in [-0.39, 0.29) is 24.8 Å². The van der Waals surface area contributed by atoms with Crippen LogP contribution in [-0.2, 0) is 38.2 Å². The molecule has 4 aliphatic rings. The zero-order chi connectivity index (χ0) is 42.6. The van der Waals surface area contributed by atoms with Gasteiger partial charge in [0, 0.05) is 26.6 Å². The van der Waals surface area contributed by atoms with Crippen LogP contribution in [0.3, 0.4) is 0 Å². The van der Waals surface area contributed by atoms with Gasteiger partial charge in [0.2, 0.25) is 29.4 Å². The molecule has 1 aromatic carbocycles. The number of alkyl carbamates (subject to hydrolysis) is 1. The monoisotopic (exact) mass is 808 g/mol. The van der Waals surface area contributed by atoms with Crippen molar-refractivity contribution in [2.75, 3.05) is 27.2 Å². The highest BCUT2D eigenvalue weighted by Gasteiger charge is 2.57. The number of nitrogens with zero attached hydrogens (tertiary/aromatic N) is 2. The van der Waals surface area contributed by atoms with Gasteiger partial charge in [-0.3, -0.25) is 28.8 Å². The third-order valence-corrected chi connectivity index (χ3v) is 12.1. The molecule has 320 valence electrons. The Hall–Kier alpha value is -4.53. The molecule has 1 unspecified atom stereocenters. The van der Waals surface area contributed by atoms with E-state index in [1.165, 1.54) is 9.80 Å². The summed E-state index contributed by atoms with van der Waals surface area (Å²) in [6, 6.07) is 4.43. The normalized spacial score (nSPS) is 23.9. The highest BCUT2D eigenvalue weighted by molar-refractivity contribution is 6.38. The topological polar surface area (TPSA) is 193 Å². The summed E-state index contributed by atoms with van der Waals surface area (Å²) < 4.78 is 12.0. The Bertz CT molecular complexity index is 1700. The molecular weight excluding hydrogens is 745 g/mol. The lowest BCUT2D eigenvalue weighted by molar-refractivity contribution is -0.146. The Balaban J connectivity index is 1.34. The minimum absolute atomic E-state index is 0.102. The number of likely N-dealkylation sites (N-methyl/N-ethyl adjacent to an activating group) is 1. The van der Waals surface area contributed by atoms with Crippen molar-refractivity contribution in [2.24, 2.45) is 17.3 Å². The van der Waals surface area contributed by atoms with Crippen LogP contribution in [0.25, 0.3) is 0 Å². The molecule has 15 nitrogen and oxygen atoms in total. The number of carbonyl (C=O) groups is 7. The summed E-state index contributed by atoms with van der Waals surface area (Å²) in [7, 11) is 3.14. The highest BCUT2D eigenvalue weighted by Crippen LogP contribution is 2.45. The maximum atomic E-state index is 14.8. The molecule has 0 spiro atoms. The third kappa shape index (κ3) is 10.9. The predicted molar refractivity (Wildman–Crippen MR) is 215 cm³/mol. The first-order valence-electron chi connectivity index (χ1n) is 20.8. The van der Waals surface area contributed by atoms with Crippen LogP contribution in [0.15, 0.2) is 30.3 Å². The molecule has 2 aliphatic carbocycles. The Labute approximate surface area is 342 Å². The van der Waals surface area contributed by atoms with Crippen LogP contribution in [0.1, 0.15) is 117 Å². The van der Waals surface area contributed by atoms with Crippen LogP contribution in [-0.4, -0.2) is 114 Å². The third-order valence-electron chi connectivity index (χ3n) is 12.1. The zero-order valence-corrected chi connectivity index (χ0v) is 35.5. The number of hydrogen-bond acceptors (Lipinski definition) is 9. The molecule has 0 radical (unpaired) electrons. The molecule has 5 rings (SSSR count). The Morgan fingerprint density at radius 2 is 1.57 bits per heavy atom. The summed E-state index contributed by atoms with van der Waals surface area (Å²) in [5.74, 6) is -4.31. The second kappa shape index (κ2) is 18.2. The summed E-state index contributed by atoms with van der Waals surface area (Å²) in [5, 5.41) is 10.8. The fraction of sp³-hybridized carbons (Fsp3) is 0.698.